The maximum Gasteiger partial charge on any atom is 0.273 e. The molecule has 0 heterocycles. The lowest BCUT2D eigenvalue weighted by Crippen LogP contribution is -2.39. The lowest BCUT2D eigenvalue weighted by Gasteiger charge is -2.12. The van der Waals surface area contributed by atoms with Gasteiger partial charge >= 0.3 is 0 Å². The Morgan fingerprint density at radius 2 is 1.81 bits per heavy atom. The second-order valence-corrected chi connectivity index (χ2v) is 6.93. The van der Waals surface area contributed by atoms with Crippen LogP contribution in [0.25, 0.3) is 0 Å². The van der Waals surface area contributed by atoms with Crippen molar-refractivity contribution in [1.82, 2.24) is 10.6 Å². The molecule has 0 radical (unpaired) electrons. The predicted octanol–water partition coefficient (Wildman–Crippen LogP) is 2.32. The molecule has 0 unspecified atom stereocenters. The molecule has 2 aromatic carbocycles. The van der Waals surface area contributed by atoms with Gasteiger partial charge in [0, 0.05) is 18.2 Å². The molecule has 1 aliphatic rings. The van der Waals surface area contributed by atoms with E-state index < -0.39 is 5.91 Å². The summed E-state index contributed by atoms with van der Waals surface area (Å²) in [5.74, 6) is 4.89. The van der Waals surface area contributed by atoms with Crippen LogP contribution in [0.15, 0.2) is 58.6 Å². The molecule has 0 spiro atoms. The Bertz CT molecular complexity index is 983. The molecule has 0 bridgehead atoms. The van der Waals surface area contributed by atoms with E-state index in [9.17, 15) is 14.0 Å². The van der Waals surface area contributed by atoms with E-state index in [4.69, 9.17) is 10.6 Å². The second-order valence-electron chi connectivity index (χ2n) is 6.93. The van der Waals surface area contributed by atoms with Crippen LogP contribution in [0.1, 0.15) is 30.1 Å². The monoisotopic (exact) mass is 425 g/mol. The zero-order valence-electron chi connectivity index (χ0n) is 17.1. The van der Waals surface area contributed by atoms with Crippen molar-refractivity contribution in [2.45, 2.75) is 25.8 Å². The van der Waals surface area contributed by atoms with Crippen LogP contribution < -0.4 is 21.2 Å². The molecule has 2 aromatic rings. The SMILES string of the molecule is CCNC(=O)c1ccc(N=C(COc2ccc(F)cc2)C(=NN)C(=O)NC2CC2)cc1. The van der Waals surface area contributed by atoms with E-state index in [0.717, 1.165) is 12.8 Å². The highest BCUT2D eigenvalue weighted by Gasteiger charge is 2.28. The number of benzene rings is 2. The van der Waals surface area contributed by atoms with Gasteiger partial charge in [-0.05, 0) is 68.3 Å². The summed E-state index contributed by atoms with van der Waals surface area (Å²) in [7, 11) is 0. The summed E-state index contributed by atoms with van der Waals surface area (Å²) in [6, 6.07) is 12.1. The van der Waals surface area contributed by atoms with Gasteiger partial charge in [0.05, 0.1) is 5.69 Å². The third-order valence-corrected chi connectivity index (χ3v) is 4.45. The fourth-order valence-electron chi connectivity index (χ4n) is 2.69. The van der Waals surface area contributed by atoms with Crippen LogP contribution in [0.5, 0.6) is 5.75 Å². The summed E-state index contributed by atoms with van der Waals surface area (Å²) in [5, 5.41) is 9.18. The maximum atomic E-state index is 13.1. The molecule has 31 heavy (non-hydrogen) atoms. The fraction of sp³-hybridized carbons (Fsp3) is 0.273. The molecule has 0 aliphatic heterocycles. The highest BCUT2D eigenvalue weighted by molar-refractivity contribution is 6.67. The van der Waals surface area contributed by atoms with Crippen LogP contribution in [-0.2, 0) is 4.79 Å². The zero-order valence-corrected chi connectivity index (χ0v) is 17.1. The van der Waals surface area contributed by atoms with Crippen LogP contribution in [0.2, 0.25) is 0 Å². The van der Waals surface area contributed by atoms with Crippen LogP contribution in [0.3, 0.4) is 0 Å². The summed E-state index contributed by atoms with van der Waals surface area (Å²) in [6.07, 6.45) is 1.81. The van der Waals surface area contributed by atoms with Crippen molar-refractivity contribution in [2.24, 2.45) is 15.9 Å². The molecule has 0 atom stereocenters. The van der Waals surface area contributed by atoms with Crippen molar-refractivity contribution >= 4 is 28.9 Å². The minimum absolute atomic E-state index is 0.0539. The van der Waals surface area contributed by atoms with E-state index in [1.54, 1.807) is 24.3 Å². The number of nitrogens with zero attached hydrogens (tertiary/aromatic N) is 2. The van der Waals surface area contributed by atoms with Crippen molar-refractivity contribution in [3.8, 4) is 5.75 Å². The van der Waals surface area contributed by atoms with Crippen molar-refractivity contribution in [3.05, 3.63) is 59.9 Å². The Morgan fingerprint density at radius 1 is 1.13 bits per heavy atom. The molecule has 1 saturated carbocycles. The smallest absolute Gasteiger partial charge is 0.273 e. The minimum atomic E-state index is -0.439. The van der Waals surface area contributed by atoms with Gasteiger partial charge < -0.3 is 21.2 Å². The largest absolute Gasteiger partial charge is 0.487 e. The van der Waals surface area contributed by atoms with Crippen LogP contribution >= 0.6 is 0 Å². The molecule has 8 nitrogen and oxygen atoms in total. The normalized spacial score (nSPS) is 14.1. The first kappa shape index (κ1) is 21.9. The summed E-state index contributed by atoms with van der Waals surface area (Å²) in [5.41, 5.74) is 1.13. The summed E-state index contributed by atoms with van der Waals surface area (Å²) in [4.78, 5) is 29.0. The van der Waals surface area contributed by atoms with E-state index in [1.165, 1.54) is 24.3 Å². The third-order valence-electron chi connectivity index (χ3n) is 4.45. The Kier molecular flexibility index (Phi) is 7.31. The average Bonchev–Trinajstić information content (AvgIpc) is 3.58. The van der Waals surface area contributed by atoms with Crippen molar-refractivity contribution < 1.29 is 18.7 Å². The van der Waals surface area contributed by atoms with E-state index in [0.29, 0.717) is 23.5 Å². The lowest BCUT2D eigenvalue weighted by molar-refractivity contribution is -0.114. The van der Waals surface area contributed by atoms with Gasteiger partial charge in [-0.1, -0.05) is 0 Å². The first-order valence-electron chi connectivity index (χ1n) is 9.93. The van der Waals surface area contributed by atoms with Crippen LogP contribution in [0.4, 0.5) is 10.1 Å². The highest BCUT2D eigenvalue weighted by Crippen LogP contribution is 2.19. The Balaban J connectivity index is 1.83. The molecule has 1 aliphatic carbocycles. The van der Waals surface area contributed by atoms with E-state index in [-0.39, 0.29) is 35.8 Å². The number of rotatable bonds is 9. The van der Waals surface area contributed by atoms with Gasteiger partial charge in [-0.15, -0.1) is 0 Å². The number of hydrogen-bond donors (Lipinski definition) is 3. The highest BCUT2D eigenvalue weighted by atomic mass is 19.1. The second kappa shape index (κ2) is 10.3. The number of nitrogens with two attached hydrogens (primary N) is 1. The van der Waals surface area contributed by atoms with Gasteiger partial charge in [0.1, 0.15) is 23.9 Å². The number of nitrogens with one attached hydrogen (secondary N) is 2. The number of carbonyl (C=O) groups excluding carboxylic acids is 2. The number of amides is 2. The van der Waals surface area contributed by atoms with Gasteiger partial charge in [-0.3, -0.25) is 9.59 Å². The molecule has 1 fully saturated rings. The molecule has 162 valence electrons. The van der Waals surface area contributed by atoms with Crippen molar-refractivity contribution in [3.63, 3.8) is 0 Å². The summed E-state index contributed by atoms with van der Waals surface area (Å²) >= 11 is 0. The minimum Gasteiger partial charge on any atom is -0.487 e. The fourth-order valence-corrected chi connectivity index (χ4v) is 2.69. The van der Waals surface area contributed by atoms with Crippen molar-refractivity contribution in [1.29, 1.82) is 0 Å². The summed E-state index contributed by atoms with van der Waals surface area (Å²) in [6.45, 7) is 2.25. The number of halogens is 1. The molecular formula is C22H24FN5O3. The molecular weight excluding hydrogens is 401 g/mol. The molecule has 4 N–H and O–H groups in total. The first-order chi connectivity index (χ1) is 15.0. The Hall–Kier alpha value is -3.75. The van der Waals surface area contributed by atoms with Gasteiger partial charge in [0.25, 0.3) is 11.8 Å². The molecule has 9 heteroatoms. The van der Waals surface area contributed by atoms with Gasteiger partial charge in [-0.25, -0.2) is 9.38 Å². The predicted molar refractivity (Wildman–Crippen MR) is 116 cm³/mol. The topological polar surface area (TPSA) is 118 Å². The third kappa shape index (κ3) is 6.36. The van der Waals surface area contributed by atoms with E-state index in [1.807, 2.05) is 6.92 Å². The Labute approximate surface area is 179 Å². The van der Waals surface area contributed by atoms with Gasteiger partial charge in [0.2, 0.25) is 0 Å². The van der Waals surface area contributed by atoms with Gasteiger partial charge in [-0.2, -0.15) is 5.10 Å². The number of hydrogen-bond acceptors (Lipinski definition) is 6. The quantitative estimate of drug-likeness (QED) is 0.325. The number of ether oxygens (including phenoxy) is 1. The maximum absolute atomic E-state index is 13.1. The molecule has 0 saturated heterocycles. The first-order valence-corrected chi connectivity index (χ1v) is 9.93. The summed E-state index contributed by atoms with van der Waals surface area (Å²) < 4.78 is 18.8. The van der Waals surface area contributed by atoms with E-state index in [2.05, 4.69) is 20.7 Å². The number of aliphatic imine (C=N–C) groups is 1. The van der Waals surface area contributed by atoms with Crippen LogP contribution in [0, 0.1) is 5.82 Å². The lowest BCUT2D eigenvalue weighted by atomic mass is 10.1. The average molecular weight is 425 g/mol. The standard InChI is InChI=1S/C22H24FN5O3/c1-2-25-21(29)14-3-7-16(8-4-14)26-19(13-31-18-11-5-15(23)6-12-18)20(28-24)22(30)27-17-9-10-17/h3-8,11-12,17H,2,9-10,13,24H2,1H3,(H,25,29)(H,27,30). The number of carbonyl (C=O) groups is 2. The molecule has 2 amide bonds. The number of hydrazone groups is 1. The van der Waals surface area contributed by atoms with E-state index >= 15 is 0 Å². The van der Waals surface area contributed by atoms with Crippen LogP contribution in [-0.4, -0.2) is 42.4 Å². The molecule has 0 aromatic heterocycles. The Morgan fingerprint density at radius 3 is 2.39 bits per heavy atom. The van der Waals surface area contributed by atoms with Gasteiger partial charge in [0.15, 0.2) is 5.71 Å². The van der Waals surface area contributed by atoms with Crippen molar-refractivity contribution in [2.75, 3.05) is 13.2 Å². The zero-order chi connectivity index (χ0) is 22.2. The molecule has 3 rings (SSSR count).